The van der Waals surface area contributed by atoms with E-state index in [4.69, 9.17) is 20.8 Å². The summed E-state index contributed by atoms with van der Waals surface area (Å²) < 4.78 is 11.7. The molecule has 5 nitrogen and oxygen atoms in total. The van der Waals surface area contributed by atoms with Crippen LogP contribution in [-0.4, -0.2) is 5.91 Å². The third-order valence-electron chi connectivity index (χ3n) is 5.42. The fourth-order valence-electron chi connectivity index (χ4n) is 3.80. The van der Waals surface area contributed by atoms with E-state index >= 15 is 0 Å². The number of ether oxygens (including phenoxy) is 1. The molecule has 0 aliphatic carbocycles. The quantitative estimate of drug-likeness (QED) is 0.484. The number of halogens is 1. The predicted molar refractivity (Wildman–Crippen MR) is 119 cm³/mol. The Morgan fingerprint density at radius 3 is 2.65 bits per heavy atom. The summed E-state index contributed by atoms with van der Waals surface area (Å²) in [6.45, 7) is 2.24. The maximum Gasteiger partial charge on any atom is 0.288 e. The molecule has 0 fully saturated rings. The summed E-state index contributed by atoms with van der Waals surface area (Å²) in [5.74, 6) is 0.273. The number of carbonyl (C=O) groups is 1. The van der Waals surface area contributed by atoms with Crippen LogP contribution < -0.4 is 15.5 Å². The third kappa shape index (κ3) is 3.47. The zero-order valence-electron chi connectivity index (χ0n) is 16.6. The van der Waals surface area contributed by atoms with Crippen molar-refractivity contribution in [3.63, 3.8) is 0 Å². The minimum Gasteiger partial charge on any atom is -0.489 e. The number of fused-ring (bicyclic) bond motifs is 2. The number of hydrogen-bond donors (Lipinski definition) is 1. The molecule has 3 aromatic carbocycles. The number of amides is 1. The Balaban J connectivity index is 1.53. The molecule has 1 atom stereocenters. The average Bonchev–Trinajstić information content (AvgIpc) is 3.11. The van der Waals surface area contributed by atoms with E-state index in [0.717, 1.165) is 16.7 Å². The first kappa shape index (κ1) is 19.4. The van der Waals surface area contributed by atoms with E-state index in [1.807, 2.05) is 61.5 Å². The van der Waals surface area contributed by atoms with Crippen molar-refractivity contribution in [1.82, 2.24) is 5.32 Å². The van der Waals surface area contributed by atoms with Gasteiger partial charge in [-0.1, -0.05) is 54.1 Å². The van der Waals surface area contributed by atoms with Crippen LogP contribution in [0, 0.1) is 6.92 Å². The molecule has 0 spiro atoms. The van der Waals surface area contributed by atoms with Crippen LogP contribution in [-0.2, 0) is 6.61 Å². The summed E-state index contributed by atoms with van der Waals surface area (Å²) in [6.07, 6.45) is 0. The van der Waals surface area contributed by atoms with Gasteiger partial charge in [0.2, 0.25) is 5.76 Å². The molecular weight excluding hydrogens is 414 g/mol. The Morgan fingerprint density at radius 1 is 1.03 bits per heavy atom. The van der Waals surface area contributed by atoms with Gasteiger partial charge in [-0.3, -0.25) is 9.59 Å². The molecule has 0 bridgehead atoms. The maximum absolute atomic E-state index is 13.3. The highest BCUT2D eigenvalue weighted by Gasteiger charge is 2.36. The predicted octanol–water partition coefficient (Wildman–Crippen LogP) is 5.17. The molecule has 1 aromatic heterocycles. The van der Waals surface area contributed by atoms with Crippen molar-refractivity contribution in [2.75, 3.05) is 0 Å². The van der Waals surface area contributed by atoms with E-state index in [-0.39, 0.29) is 16.8 Å². The monoisotopic (exact) mass is 431 g/mol. The van der Waals surface area contributed by atoms with Gasteiger partial charge < -0.3 is 14.5 Å². The van der Waals surface area contributed by atoms with E-state index < -0.39 is 11.9 Å². The van der Waals surface area contributed by atoms with E-state index in [1.165, 1.54) is 0 Å². The van der Waals surface area contributed by atoms with Crippen molar-refractivity contribution in [2.24, 2.45) is 0 Å². The zero-order chi connectivity index (χ0) is 21.5. The lowest BCUT2D eigenvalue weighted by atomic mass is 9.99. The molecule has 31 heavy (non-hydrogen) atoms. The van der Waals surface area contributed by atoms with Crippen LogP contribution in [0.3, 0.4) is 0 Å². The largest absolute Gasteiger partial charge is 0.489 e. The van der Waals surface area contributed by atoms with Gasteiger partial charge in [-0.05, 0) is 47.9 Å². The SMILES string of the molecule is Cc1cc2oc3c(c(=O)c2cc1Cl)C(c1cccc(OCc2ccccc2)c1)NC3=O. The number of nitrogens with one attached hydrogen (secondary N) is 1. The highest BCUT2D eigenvalue weighted by atomic mass is 35.5. The van der Waals surface area contributed by atoms with Crippen molar-refractivity contribution in [3.05, 3.63) is 110 Å². The normalized spacial score (nSPS) is 15.0. The molecule has 2 heterocycles. The zero-order valence-corrected chi connectivity index (χ0v) is 17.4. The molecule has 1 aliphatic rings. The fourth-order valence-corrected chi connectivity index (χ4v) is 3.97. The van der Waals surface area contributed by atoms with Crippen molar-refractivity contribution in [2.45, 2.75) is 19.6 Å². The van der Waals surface area contributed by atoms with Crippen molar-refractivity contribution >= 4 is 28.5 Å². The van der Waals surface area contributed by atoms with Crippen LogP contribution in [0.2, 0.25) is 5.02 Å². The van der Waals surface area contributed by atoms with Crippen molar-refractivity contribution in [1.29, 1.82) is 0 Å². The molecule has 0 radical (unpaired) electrons. The van der Waals surface area contributed by atoms with Gasteiger partial charge in [0, 0.05) is 5.02 Å². The minimum atomic E-state index is -0.622. The summed E-state index contributed by atoms with van der Waals surface area (Å²) in [4.78, 5) is 25.9. The molecule has 1 N–H and O–H groups in total. The van der Waals surface area contributed by atoms with Gasteiger partial charge in [-0.15, -0.1) is 0 Å². The number of hydrogen-bond acceptors (Lipinski definition) is 4. The van der Waals surface area contributed by atoms with Crippen LogP contribution in [0.5, 0.6) is 5.75 Å². The Morgan fingerprint density at radius 2 is 1.84 bits per heavy atom. The van der Waals surface area contributed by atoms with Gasteiger partial charge in [0.1, 0.15) is 17.9 Å². The summed E-state index contributed by atoms with van der Waals surface area (Å²) in [7, 11) is 0. The average molecular weight is 432 g/mol. The van der Waals surface area contributed by atoms with Gasteiger partial charge >= 0.3 is 0 Å². The molecule has 1 unspecified atom stereocenters. The molecule has 0 saturated heterocycles. The van der Waals surface area contributed by atoms with Crippen LogP contribution in [0.15, 0.2) is 75.9 Å². The maximum atomic E-state index is 13.3. The molecule has 0 saturated carbocycles. The van der Waals surface area contributed by atoms with Crippen LogP contribution in [0.25, 0.3) is 11.0 Å². The number of aryl methyl sites for hydroxylation is 1. The number of carbonyl (C=O) groups excluding carboxylic acids is 1. The molecule has 1 amide bonds. The first-order chi connectivity index (χ1) is 15.0. The van der Waals surface area contributed by atoms with Gasteiger partial charge in [0.15, 0.2) is 5.43 Å². The van der Waals surface area contributed by atoms with E-state index in [2.05, 4.69) is 5.32 Å². The van der Waals surface area contributed by atoms with Crippen LogP contribution >= 0.6 is 11.6 Å². The van der Waals surface area contributed by atoms with Crippen LogP contribution in [0.1, 0.15) is 38.9 Å². The highest BCUT2D eigenvalue weighted by molar-refractivity contribution is 6.32. The second-order valence-corrected chi connectivity index (χ2v) is 7.93. The highest BCUT2D eigenvalue weighted by Crippen LogP contribution is 2.33. The number of rotatable bonds is 4. The van der Waals surface area contributed by atoms with Gasteiger partial charge in [-0.2, -0.15) is 0 Å². The van der Waals surface area contributed by atoms with Crippen molar-refractivity contribution in [3.8, 4) is 5.75 Å². The summed E-state index contributed by atoms with van der Waals surface area (Å²) in [6, 6.07) is 19.8. The molecule has 154 valence electrons. The van der Waals surface area contributed by atoms with Gasteiger partial charge in [0.25, 0.3) is 5.91 Å². The summed E-state index contributed by atoms with van der Waals surface area (Å²) in [5, 5.41) is 3.69. The molecular formula is C25H18ClNO4. The Bertz CT molecular complexity index is 1380. The van der Waals surface area contributed by atoms with Crippen molar-refractivity contribution < 1.29 is 13.9 Å². The lowest BCUT2D eigenvalue weighted by Crippen LogP contribution is -2.22. The first-order valence-corrected chi connectivity index (χ1v) is 10.2. The second kappa shape index (κ2) is 7.60. The molecule has 6 heteroatoms. The molecule has 4 aromatic rings. The van der Waals surface area contributed by atoms with E-state index in [9.17, 15) is 9.59 Å². The fraction of sp³-hybridized carbons (Fsp3) is 0.120. The Labute approximate surface area is 183 Å². The van der Waals surface area contributed by atoms with E-state index in [1.54, 1.807) is 12.1 Å². The lowest BCUT2D eigenvalue weighted by molar-refractivity contribution is 0.0938. The lowest BCUT2D eigenvalue weighted by Gasteiger charge is -2.14. The first-order valence-electron chi connectivity index (χ1n) is 9.85. The number of benzene rings is 3. The topological polar surface area (TPSA) is 68.5 Å². The van der Waals surface area contributed by atoms with Gasteiger partial charge in [0.05, 0.1) is 17.0 Å². The summed E-state index contributed by atoms with van der Waals surface area (Å²) >= 11 is 6.22. The Hall–Kier alpha value is -3.57. The minimum absolute atomic E-state index is 0.0415. The standard InChI is InChI=1S/C25H18ClNO4/c1-14-10-20-18(12-19(14)26)23(28)21-22(27-25(29)24(21)31-20)16-8-5-9-17(11-16)30-13-15-6-3-2-4-7-15/h2-12,22H,13H2,1H3,(H,27,29). The molecule has 5 rings (SSSR count). The van der Waals surface area contributed by atoms with Crippen LogP contribution in [0.4, 0.5) is 0 Å². The van der Waals surface area contributed by atoms with E-state index in [0.29, 0.717) is 28.3 Å². The third-order valence-corrected chi connectivity index (χ3v) is 5.82. The summed E-state index contributed by atoms with van der Waals surface area (Å²) in [5.41, 5.74) is 2.93. The second-order valence-electron chi connectivity index (χ2n) is 7.52. The molecule has 1 aliphatic heterocycles. The van der Waals surface area contributed by atoms with Gasteiger partial charge in [-0.25, -0.2) is 0 Å². The Kier molecular flexibility index (Phi) is 4.75. The smallest absolute Gasteiger partial charge is 0.288 e.